The molecule has 0 saturated heterocycles. The maximum atomic E-state index is 13.7. The molecule has 3 rings (SSSR count). The Labute approximate surface area is 198 Å². The van der Waals surface area contributed by atoms with Crippen LogP contribution >= 0.6 is 23.2 Å². The van der Waals surface area contributed by atoms with Gasteiger partial charge in [-0.25, -0.2) is 4.39 Å². The number of carbonyl (C=O) groups excluding carboxylic acids is 1. The third-order valence-corrected chi connectivity index (χ3v) is 5.64. The monoisotopic (exact) mass is 473 g/mol. The molecular formula is C26H26Cl2FNO2. The summed E-state index contributed by atoms with van der Waals surface area (Å²) in [5.74, 6) is 0.0130. The Morgan fingerprint density at radius 3 is 2.22 bits per heavy atom. The molecule has 1 N–H and O–H groups in total. The highest BCUT2D eigenvalue weighted by Crippen LogP contribution is 2.22. The number of aryl methyl sites for hydroxylation is 1. The Morgan fingerprint density at radius 1 is 0.969 bits per heavy atom. The summed E-state index contributed by atoms with van der Waals surface area (Å²) in [6, 6.07) is 20.8. The van der Waals surface area contributed by atoms with Crippen LogP contribution < -0.4 is 10.1 Å². The van der Waals surface area contributed by atoms with E-state index in [-0.39, 0.29) is 17.8 Å². The van der Waals surface area contributed by atoms with Gasteiger partial charge in [0.25, 0.3) is 5.91 Å². The molecule has 0 radical (unpaired) electrons. The van der Waals surface area contributed by atoms with E-state index < -0.39 is 5.60 Å². The van der Waals surface area contributed by atoms with Crippen LogP contribution in [0.15, 0.2) is 72.8 Å². The molecule has 1 atom stereocenters. The molecule has 1 unspecified atom stereocenters. The van der Waals surface area contributed by atoms with Gasteiger partial charge >= 0.3 is 0 Å². The largest absolute Gasteiger partial charge is 0.478 e. The van der Waals surface area contributed by atoms with Crippen LogP contribution in [-0.2, 0) is 17.6 Å². The van der Waals surface area contributed by atoms with E-state index in [4.69, 9.17) is 27.9 Å². The van der Waals surface area contributed by atoms with Crippen molar-refractivity contribution in [2.75, 3.05) is 0 Å². The number of hydrogen-bond donors (Lipinski definition) is 1. The number of benzene rings is 3. The number of ether oxygens (including phenoxy) is 1. The first-order valence-corrected chi connectivity index (χ1v) is 11.2. The molecule has 0 spiro atoms. The minimum Gasteiger partial charge on any atom is -0.478 e. The van der Waals surface area contributed by atoms with Crippen LogP contribution in [0.3, 0.4) is 0 Å². The molecule has 3 nitrogen and oxygen atoms in total. The number of halogens is 3. The minimum absolute atomic E-state index is 0.201. The summed E-state index contributed by atoms with van der Waals surface area (Å²) < 4.78 is 19.6. The molecule has 0 aliphatic carbocycles. The third kappa shape index (κ3) is 7.25. The highest BCUT2D eigenvalue weighted by molar-refractivity contribution is 6.30. The Bertz CT molecular complexity index is 1040. The van der Waals surface area contributed by atoms with Gasteiger partial charge in [0.15, 0.2) is 5.60 Å². The zero-order valence-electron chi connectivity index (χ0n) is 18.1. The van der Waals surface area contributed by atoms with Crippen LogP contribution in [0.2, 0.25) is 10.0 Å². The number of hydrogen-bond acceptors (Lipinski definition) is 2. The quantitative estimate of drug-likeness (QED) is 0.377. The molecular weight excluding hydrogens is 448 g/mol. The van der Waals surface area contributed by atoms with E-state index in [1.165, 1.54) is 12.1 Å². The fourth-order valence-electron chi connectivity index (χ4n) is 3.37. The zero-order valence-corrected chi connectivity index (χ0v) is 19.6. The molecule has 0 fully saturated rings. The van der Waals surface area contributed by atoms with Gasteiger partial charge in [0.1, 0.15) is 11.6 Å². The van der Waals surface area contributed by atoms with E-state index in [1.54, 1.807) is 44.2 Å². The van der Waals surface area contributed by atoms with E-state index in [0.29, 0.717) is 28.6 Å². The number of amides is 1. The molecule has 168 valence electrons. The summed E-state index contributed by atoms with van der Waals surface area (Å²) in [4.78, 5) is 13.1. The van der Waals surface area contributed by atoms with E-state index in [0.717, 1.165) is 17.5 Å². The molecule has 0 aliphatic rings. The molecule has 3 aromatic carbocycles. The maximum absolute atomic E-state index is 13.7. The lowest BCUT2D eigenvalue weighted by atomic mass is 9.97. The molecule has 0 heterocycles. The number of rotatable bonds is 9. The van der Waals surface area contributed by atoms with Gasteiger partial charge in [-0.15, -0.1) is 0 Å². The summed E-state index contributed by atoms with van der Waals surface area (Å²) in [7, 11) is 0. The fraction of sp³-hybridized carbons (Fsp3) is 0.269. The van der Waals surface area contributed by atoms with Crippen molar-refractivity contribution in [1.82, 2.24) is 5.32 Å². The van der Waals surface area contributed by atoms with Gasteiger partial charge in [0.05, 0.1) is 0 Å². The van der Waals surface area contributed by atoms with E-state index in [1.807, 2.05) is 30.3 Å². The van der Waals surface area contributed by atoms with Gasteiger partial charge in [0.2, 0.25) is 0 Å². The molecule has 6 heteroatoms. The maximum Gasteiger partial charge on any atom is 0.263 e. The van der Waals surface area contributed by atoms with Gasteiger partial charge < -0.3 is 10.1 Å². The predicted octanol–water partition coefficient (Wildman–Crippen LogP) is 6.65. The van der Waals surface area contributed by atoms with Crippen LogP contribution in [0.1, 0.15) is 31.4 Å². The normalized spacial score (nSPS) is 12.3. The van der Waals surface area contributed by atoms with Gasteiger partial charge in [-0.05, 0) is 92.8 Å². The van der Waals surface area contributed by atoms with Crippen LogP contribution in [-0.4, -0.2) is 17.6 Å². The Morgan fingerprint density at radius 2 is 1.59 bits per heavy atom. The Hall–Kier alpha value is -2.56. The third-order valence-electron chi connectivity index (χ3n) is 5.13. The minimum atomic E-state index is -1.10. The topological polar surface area (TPSA) is 38.3 Å². The van der Waals surface area contributed by atoms with Crippen molar-refractivity contribution in [1.29, 1.82) is 0 Å². The highest BCUT2D eigenvalue weighted by atomic mass is 35.5. The second-order valence-electron chi connectivity index (χ2n) is 8.24. The van der Waals surface area contributed by atoms with Crippen LogP contribution in [0, 0.1) is 5.82 Å². The molecule has 0 aromatic heterocycles. The van der Waals surface area contributed by atoms with E-state index in [2.05, 4.69) is 5.32 Å². The lowest BCUT2D eigenvalue weighted by Crippen LogP contribution is -2.50. The van der Waals surface area contributed by atoms with Crippen LogP contribution in [0.5, 0.6) is 5.75 Å². The molecule has 1 amide bonds. The lowest BCUT2D eigenvalue weighted by molar-refractivity contribution is -0.135. The van der Waals surface area contributed by atoms with Crippen molar-refractivity contribution in [2.45, 2.75) is 44.8 Å². The molecule has 0 bridgehead atoms. The Balaban J connectivity index is 1.71. The molecule has 0 saturated carbocycles. The van der Waals surface area contributed by atoms with E-state index >= 15 is 0 Å². The van der Waals surface area contributed by atoms with Crippen molar-refractivity contribution in [3.8, 4) is 5.75 Å². The number of carbonyl (C=O) groups is 1. The van der Waals surface area contributed by atoms with Gasteiger partial charge in [0, 0.05) is 16.1 Å². The summed E-state index contributed by atoms with van der Waals surface area (Å²) in [5.41, 5.74) is 0.835. The molecule has 0 aliphatic heterocycles. The summed E-state index contributed by atoms with van der Waals surface area (Å²) in [6.07, 6.45) is 1.94. The molecule has 3 aromatic rings. The van der Waals surface area contributed by atoms with Crippen molar-refractivity contribution in [2.24, 2.45) is 0 Å². The fourth-order valence-corrected chi connectivity index (χ4v) is 3.62. The standard InChI is InChI=1S/C26H26Cl2FNO2/c1-26(2,32-24-14-11-21(28)12-15-24)25(31)30-23(17-19-4-3-5-22(29)16-19)13-8-18-6-9-20(27)10-7-18/h3-7,9-12,14-16,23H,8,13,17H2,1-2H3,(H,30,31). The van der Waals surface area contributed by atoms with Crippen molar-refractivity contribution in [3.05, 3.63) is 99.8 Å². The van der Waals surface area contributed by atoms with Crippen molar-refractivity contribution in [3.63, 3.8) is 0 Å². The van der Waals surface area contributed by atoms with Crippen molar-refractivity contribution < 1.29 is 13.9 Å². The average molecular weight is 474 g/mol. The smallest absolute Gasteiger partial charge is 0.263 e. The van der Waals surface area contributed by atoms with Gasteiger partial charge in [-0.2, -0.15) is 0 Å². The summed E-state index contributed by atoms with van der Waals surface area (Å²) >= 11 is 11.9. The van der Waals surface area contributed by atoms with Gasteiger partial charge in [-0.1, -0.05) is 47.5 Å². The van der Waals surface area contributed by atoms with Crippen molar-refractivity contribution >= 4 is 29.1 Å². The second kappa shape index (κ2) is 10.8. The Kier molecular flexibility index (Phi) is 8.16. The number of nitrogens with one attached hydrogen (secondary N) is 1. The van der Waals surface area contributed by atoms with Crippen LogP contribution in [0.25, 0.3) is 0 Å². The van der Waals surface area contributed by atoms with Gasteiger partial charge in [-0.3, -0.25) is 4.79 Å². The zero-order chi connectivity index (χ0) is 23.1. The summed E-state index contributed by atoms with van der Waals surface area (Å²) in [6.45, 7) is 3.44. The summed E-state index contributed by atoms with van der Waals surface area (Å²) in [5, 5.41) is 4.37. The average Bonchev–Trinajstić information content (AvgIpc) is 2.74. The first kappa shape index (κ1) is 24.1. The first-order chi connectivity index (χ1) is 15.2. The first-order valence-electron chi connectivity index (χ1n) is 10.5. The van der Waals surface area contributed by atoms with Crippen LogP contribution in [0.4, 0.5) is 4.39 Å². The SMILES string of the molecule is CC(C)(Oc1ccc(Cl)cc1)C(=O)NC(CCc1ccc(Cl)cc1)Cc1cccc(F)c1. The second-order valence-corrected chi connectivity index (χ2v) is 9.11. The van der Waals surface area contributed by atoms with E-state index in [9.17, 15) is 9.18 Å². The molecule has 32 heavy (non-hydrogen) atoms. The highest BCUT2D eigenvalue weighted by Gasteiger charge is 2.31. The lowest BCUT2D eigenvalue weighted by Gasteiger charge is -2.28. The predicted molar refractivity (Wildman–Crippen MR) is 128 cm³/mol.